The van der Waals surface area contributed by atoms with Crippen molar-refractivity contribution in [3.8, 4) is 0 Å². The van der Waals surface area contributed by atoms with Gasteiger partial charge >= 0.3 is 5.43 Å². The van der Waals surface area contributed by atoms with Gasteiger partial charge in [-0.25, -0.2) is 13.6 Å². The van der Waals surface area contributed by atoms with Gasteiger partial charge in [0.1, 0.15) is 0 Å². The summed E-state index contributed by atoms with van der Waals surface area (Å²) in [6.07, 6.45) is 0.236. The van der Waals surface area contributed by atoms with Crippen molar-refractivity contribution >= 4 is 17.0 Å². The molecule has 1 N–H and O–H groups in total. The Balaban J connectivity index is 0.000000148. The molecule has 1 saturated carbocycles. The van der Waals surface area contributed by atoms with Crippen molar-refractivity contribution in [3.05, 3.63) is 0 Å². The highest BCUT2D eigenvalue weighted by Gasteiger charge is 2.43. The van der Waals surface area contributed by atoms with Gasteiger partial charge in [0.2, 0.25) is 5.92 Å². The molecule has 0 radical (unpaired) electrons. The van der Waals surface area contributed by atoms with Crippen LogP contribution in [0.1, 0.15) is 12.8 Å². The van der Waals surface area contributed by atoms with Gasteiger partial charge in [0.25, 0.3) is 0 Å². The summed E-state index contributed by atoms with van der Waals surface area (Å²) < 4.78 is 22.3. The number of halogens is 3. The van der Waals surface area contributed by atoms with Crippen molar-refractivity contribution < 1.29 is 18.7 Å². The summed E-state index contributed by atoms with van der Waals surface area (Å²) in [6.45, 7) is 0. The smallest absolute Gasteiger partial charge is 0.401 e. The van der Waals surface area contributed by atoms with E-state index in [2.05, 4.69) is 11.6 Å². The Hall–Kier alpha value is -0.380. The van der Waals surface area contributed by atoms with Gasteiger partial charge in [-0.2, -0.15) is 0 Å². The van der Waals surface area contributed by atoms with Crippen LogP contribution >= 0.6 is 11.6 Å². The Morgan fingerprint density at radius 2 is 1.67 bits per heavy atom. The molecule has 0 spiro atoms. The van der Waals surface area contributed by atoms with Gasteiger partial charge < -0.3 is 5.11 Å². The first-order valence-corrected chi connectivity index (χ1v) is 2.58. The number of hydrogen-bond donors (Lipinski definition) is 1. The fourth-order valence-electron chi connectivity index (χ4n) is 0.0945. The summed E-state index contributed by atoms with van der Waals surface area (Å²) in [7, 11) is 0. The van der Waals surface area contributed by atoms with Crippen LogP contribution in [0.5, 0.6) is 0 Å². The van der Waals surface area contributed by atoms with Crippen LogP contribution in [0, 0.1) is 0 Å². The Kier molecular flexibility index (Phi) is 2.84. The second-order valence-corrected chi connectivity index (χ2v) is 1.93. The molecule has 9 heavy (non-hydrogen) atoms. The Labute approximate surface area is 55.4 Å². The zero-order valence-electron chi connectivity index (χ0n) is 4.40. The summed E-state index contributed by atoms with van der Waals surface area (Å²) in [4.78, 5) is 8.77. The average Bonchev–Trinajstić information content (AvgIpc) is 2.16. The van der Waals surface area contributed by atoms with Crippen LogP contribution in [-0.2, 0) is 0 Å². The van der Waals surface area contributed by atoms with Crippen LogP contribution in [0.2, 0.25) is 0 Å². The van der Waals surface area contributed by atoms with Crippen molar-refractivity contribution in [2.45, 2.75) is 18.8 Å². The molecule has 0 amide bonds. The van der Waals surface area contributed by atoms with Crippen LogP contribution in [-0.4, -0.2) is 16.5 Å². The van der Waals surface area contributed by atoms with Crippen molar-refractivity contribution in [2.24, 2.45) is 0 Å². The molecule has 0 aliphatic heterocycles. The highest BCUT2D eigenvalue weighted by Crippen LogP contribution is 2.40. The lowest BCUT2D eigenvalue weighted by Crippen LogP contribution is -1.79. The second kappa shape index (κ2) is 2.96. The molecule has 0 heterocycles. The molecule has 1 aliphatic rings. The molecule has 1 rings (SSSR count). The third kappa shape index (κ3) is 11.3. The Morgan fingerprint density at radius 3 is 1.67 bits per heavy atom. The van der Waals surface area contributed by atoms with Gasteiger partial charge in [-0.3, -0.25) is 0 Å². The number of carboxylic acid groups (broad SMARTS) is 1. The fraction of sp³-hybridized carbons (Fsp3) is 0.750. The molecular weight excluding hydrogens is 153 g/mol. The molecule has 54 valence electrons. The molecule has 0 atom stereocenters. The highest BCUT2D eigenvalue weighted by molar-refractivity contribution is 6.60. The van der Waals surface area contributed by atoms with Gasteiger partial charge in [-0.15, -0.1) is 0 Å². The van der Waals surface area contributed by atoms with E-state index in [0.29, 0.717) is 0 Å². The van der Waals surface area contributed by atoms with Gasteiger partial charge in [-0.1, -0.05) is 0 Å². The van der Waals surface area contributed by atoms with Crippen LogP contribution in [0.15, 0.2) is 0 Å². The summed E-state index contributed by atoms with van der Waals surface area (Å²) in [5, 5.41) is 7.18. The number of rotatable bonds is 0. The highest BCUT2D eigenvalue weighted by atomic mass is 35.5. The molecule has 5 heteroatoms. The first-order chi connectivity index (χ1) is 3.94. The van der Waals surface area contributed by atoms with Gasteiger partial charge in [0.05, 0.1) is 0 Å². The molecule has 1 fully saturated rings. The zero-order valence-corrected chi connectivity index (χ0v) is 5.16. The molecule has 0 bridgehead atoms. The summed E-state index contributed by atoms with van der Waals surface area (Å²) in [5.41, 5.74) is -1.36. The van der Waals surface area contributed by atoms with E-state index >= 15 is 0 Å². The molecule has 0 unspecified atom stereocenters. The molecule has 0 aromatic carbocycles. The maximum Gasteiger partial charge on any atom is 0.401 e. The summed E-state index contributed by atoms with van der Waals surface area (Å²) in [5.74, 6) is -2.25. The van der Waals surface area contributed by atoms with E-state index in [1.54, 1.807) is 0 Å². The van der Waals surface area contributed by atoms with E-state index in [9.17, 15) is 8.78 Å². The fourth-order valence-corrected chi connectivity index (χ4v) is 0.0945. The lowest BCUT2D eigenvalue weighted by atomic mass is 10.8. The monoisotopic (exact) mass is 158 g/mol. The van der Waals surface area contributed by atoms with Crippen molar-refractivity contribution in [2.75, 3.05) is 0 Å². The van der Waals surface area contributed by atoms with Crippen LogP contribution in [0.4, 0.5) is 13.6 Å². The van der Waals surface area contributed by atoms with E-state index < -0.39 is 11.4 Å². The number of carbonyl (C=O) groups is 1. The van der Waals surface area contributed by atoms with Crippen LogP contribution in [0.3, 0.4) is 0 Å². The van der Waals surface area contributed by atoms with Crippen LogP contribution < -0.4 is 0 Å². The molecule has 0 saturated heterocycles. The average molecular weight is 159 g/mol. The van der Waals surface area contributed by atoms with E-state index in [1.807, 2.05) is 0 Å². The van der Waals surface area contributed by atoms with E-state index in [4.69, 9.17) is 9.90 Å². The number of hydrogen-bond acceptors (Lipinski definition) is 1. The predicted molar refractivity (Wildman–Crippen MR) is 28.1 cm³/mol. The van der Waals surface area contributed by atoms with Gasteiger partial charge in [0.15, 0.2) is 0 Å². The van der Waals surface area contributed by atoms with Crippen molar-refractivity contribution in [3.63, 3.8) is 0 Å². The topological polar surface area (TPSA) is 37.3 Å². The molecule has 1 aliphatic carbocycles. The van der Waals surface area contributed by atoms with Crippen molar-refractivity contribution in [1.82, 2.24) is 0 Å². The minimum atomic E-state index is -2.25. The first kappa shape index (κ1) is 8.62. The molecule has 0 aromatic heterocycles. The standard InChI is InChI=1S/C3H4F2.CHClO2/c4-3(5)1-2-3;2-1(3)4/h1-2H2;(H,3,4). The van der Waals surface area contributed by atoms with Crippen molar-refractivity contribution in [1.29, 1.82) is 0 Å². The largest absolute Gasteiger partial charge is 0.469 e. The van der Waals surface area contributed by atoms with Gasteiger partial charge in [-0.05, 0) is 0 Å². The Morgan fingerprint density at radius 1 is 1.56 bits per heavy atom. The maximum absolute atomic E-state index is 11.1. The SMILES string of the molecule is FC1(F)CC1.O=C(O)Cl. The lowest BCUT2D eigenvalue weighted by Gasteiger charge is -1.76. The quantitative estimate of drug-likeness (QED) is 0.550. The predicted octanol–water partition coefficient (Wildman–Crippen LogP) is 2.32. The van der Waals surface area contributed by atoms with Gasteiger partial charge in [0, 0.05) is 24.4 Å². The minimum Gasteiger partial charge on any atom is -0.469 e. The molecule has 2 nitrogen and oxygen atoms in total. The van der Waals surface area contributed by atoms with E-state index in [0.717, 1.165) is 0 Å². The molecule has 0 aromatic rings. The third-order valence-electron chi connectivity index (χ3n) is 0.628. The zero-order chi connectivity index (χ0) is 7.49. The normalized spacial score (nSPS) is 19.4. The lowest BCUT2D eigenvalue weighted by molar-refractivity contribution is 0.120. The molecular formula is C4H5ClF2O2. The maximum atomic E-state index is 11.1. The van der Waals surface area contributed by atoms with Crippen LogP contribution in [0.25, 0.3) is 0 Å². The Bertz CT molecular complexity index is 105. The second-order valence-electron chi connectivity index (χ2n) is 1.61. The third-order valence-corrected chi connectivity index (χ3v) is 0.628. The number of alkyl halides is 2. The summed E-state index contributed by atoms with van der Waals surface area (Å²) >= 11 is 4.19. The minimum absolute atomic E-state index is 0.118. The summed E-state index contributed by atoms with van der Waals surface area (Å²) in [6, 6.07) is 0. The van der Waals surface area contributed by atoms with E-state index in [-0.39, 0.29) is 12.8 Å². The first-order valence-electron chi connectivity index (χ1n) is 2.20. The van der Waals surface area contributed by atoms with E-state index in [1.165, 1.54) is 0 Å².